The zero-order chi connectivity index (χ0) is 15.6. The summed E-state index contributed by atoms with van der Waals surface area (Å²) in [6, 6.07) is 2.72. The van der Waals surface area contributed by atoms with E-state index in [2.05, 4.69) is 4.98 Å². The lowest BCUT2D eigenvalue weighted by Crippen LogP contribution is -2.16. The molecule has 1 heterocycles. The zero-order valence-electron chi connectivity index (χ0n) is 11.4. The van der Waals surface area contributed by atoms with Gasteiger partial charge < -0.3 is 4.57 Å². The van der Waals surface area contributed by atoms with Gasteiger partial charge in [-0.3, -0.25) is 0 Å². The van der Waals surface area contributed by atoms with Gasteiger partial charge in [0.1, 0.15) is 11.6 Å². The number of hydrogen-bond acceptors (Lipinski definition) is 3. The molecule has 0 spiro atoms. The van der Waals surface area contributed by atoms with Crippen LogP contribution in [0.15, 0.2) is 12.1 Å². The fourth-order valence-corrected chi connectivity index (χ4v) is 3.15. The van der Waals surface area contributed by atoms with Crippen molar-refractivity contribution in [3.8, 4) is 0 Å². The normalized spacial score (nSPS) is 12.2. The number of fused-ring (bicyclic) bond motifs is 1. The number of imidazole rings is 1. The van der Waals surface area contributed by atoms with Gasteiger partial charge in [-0.1, -0.05) is 18.5 Å². The summed E-state index contributed by atoms with van der Waals surface area (Å²) >= 11 is 11.5. The first-order valence-corrected chi connectivity index (χ1v) is 9.22. The number of benzene rings is 1. The maximum Gasteiger partial charge on any atom is 0.151 e. The summed E-state index contributed by atoms with van der Waals surface area (Å²) in [6.45, 7) is 1.82. The Labute approximate surface area is 132 Å². The number of hydrogen-bond donors (Lipinski definition) is 0. The van der Waals surface area contributed by atoms with Gasteiger partial charge in [-0.2, -0.15) is 0 Å². The van der Waals surface area contributed by atoms with Gasteiger partial charge in [-0.05, 0) is 6.07 Å². The third-order valence-electron chi connectivity index (χ3n) is 3.25. The molecule has 1 aromatic heterocycles. The summed E-state index contributed by atoms with van der Waals surface area (Å²) in [5.74, 6) is 0.480. The van der Waals surface area contributed by atoms with Gasteiger partial charge in [-0.25, -0.2) is 17.8 Å². The van der Waals surface area contributed by atoms with Gasteiger partial charge in [0.05, 0.1) is 21.8 Å². The molecule has 116 valence electrons. The van der Waals surface area contributed by atoms with Crippen LogP contribution in [0.25, 0.3) is 11.0 Å². The Hall–Kier alpha value is -0.850. The number of alkyl halides is 1. The lowest BCUT2D eigenvalue weighted by Gasteiger charge is -2.08. The largest absolute Gasteiger partial charge is 0.327 e. The van der Waals surface area contributed by atoms with Crippen LogP contribution in [0.5, 0.6) is 0 Å². The number of rotatable bonds is 6. The Morgan fingerprint density at radius 2 is 2.10 bits per heavy atom. The second-order valence-corrected chi connectivity index (χ2v) is 7.87. The molecule has 1 aromatic carbocycles. The van der Waals surface area contributed by atoms with Crippen molar-refractivity contribution in [1.82, 2.24) is 9.55 Å². The standard InChI is InChI=1S/C13H15Cl2FN2O2S/c1-2-21(19,20)6-5-18-12-8-10(16)9(15)7-11(12)17-13(18)3-4-14/h7-8H,2-6H2,1H3. The third kappa shape index (κ3) is 3.67. The predicted molar refractivity (Wildman–Crippen MR) is 83.5 cm³/mol. The van der Waals surface area contributed by atoms with Crippen molar-refractivity contribution < 1.29 is 12.8 Å². The van der Waals surface area contributed by atoms with E-state index in [4.69, 9.17) is 23.2 Å². The van der Waals surface area contributed by atoms with Gasteiger partial charge in [0.15, 0.2) is 9.84 Å². The first-order valence-electron chi connectivity index (χ1n) is 6.48. The van der Waals surface area contributed by atoms with E-state index < -0.39 is 15.7 Å². The highest BCUT2D eigenvalue weighted by atomic mass is 35.5. The van der Waals surface area contributed by atoms with E-state index in [0.717, 1.165) is 0 Å². The quantitative estimate of drug-likeness (QED) is 0.750. The molecule has 2 aromatic rings. The minimum absolute atomic E-state index is 0.00856. The molecule has 0 amide bonds. The Balaban J connectivity index is 2.48. The lowest BCUT2D eigenvalue weighted by molar-refractivity contribution is 0.589. The van der Waals surface area contributed by atoms with Crippen molar-refractivity contribution in [2.75, 3.05) is 17.4 Å². The molecule has 8 heteroatoms. The predicted octanol–water partition coefficient (Wildman–Crippen LogP) is 3.04. The molecule has 0 unspecified atom stereocenters. The Bertz CT molecular complexity index is 759. The van der Waals surface area contributed by atoms with E-state index in [1.165, 1.54) is 12.1 Å². The van der Waals surface area contributed by atoms with Crippen LogP contribution in [0.3, 0.4) is 0 Å². The average Bonchev–Trinajstić information content (AvgIpc) is 2.75. The van der Waals surface area contributed by atoms with E-state index in [9.17, 15) is 12.8 Å². The molecule has 2 rings (SSSR count). The number of sulfone groups is 1. The van der Waals surface area contributed by atoms with Gasteiger partial charge in [0.25, 0.3) is 0 Å². The second kappa shape index (κ2) is 6.50. The van der Waals surface area contributed by atoms with E-state index in [1.807, 2.05) is 0 Å². The summed E-state index contributed by atoms with van der Waals surface area (Å²) in [5.41, 5.74) is 1.07. The number of halogens is 3. The highest BCUT2D eigenvalue weighted by molar-refractivity contribution is 7.91. The second-order valence-electron chi connectivity index (χ2n) is 4.61. The molecule has 0 saturated heterocycles. The van der Waals surface area contributed by atoms with Gasteiger partial charge >= 0.3 is 0 Å². The molecule has 0 bridgehead atoms. The molecule has 0 saturated carbocycles. The van der Waals surface area contributed by atoms with E-state index >= 15 is 0 Å². The van der Waals surface area contributed by atoms with E-state index in [-0.39, 0.29) is 23.1 Å². The van der Waals surface area contributed by atoms with Crippen LogP contribution in [0.2, 0.25) is 5.02 Å². The molecular weight excluding hydrogens is 338 g/mol. The summed E-state index contributed by atoms with van der Waals surface area (Å²) in [6.07, 6.45) is 0.474. The molecule has 0 aliphatic rings. The van der Waals surface area contributed by atoms with Crippen LogP contribution in [-0.2, 0) is 22.8 Å². The number of aryl methyl sites for hydroxylation is 2. The highest BCUT2D eigenvalue weighted by Gasteiger charge is 2.16. The molecule has 21 heavy (non-hydrogen) atoms. The van der Waals surface area contributed by atoms with Crippen LogP contribution in [0.1, 0.15) is 12.7 Å². The minimum atomic E-state index is -3.12. The van der Waals surface area contributed by atoms with Crippen molar-refractivity contribution in [2.24, 2.45) is 0 Å². The fourth-order valence-electron chi connectivity index (χ4n) is 2.07. The third-order valence-corrected chi connectivity index (χ3v) is 5.42. The van der Waals surface area contributed by atoms with Crippen LogP contribution in [0, 0.1) is 5.82 Å². The van der Waals surface area contributed by atoms with Crippen molar-refractivity contribution >= 4 is 44.1 Å². The molecule has 0 atom stereocenters. The van der Waals surface area contributed by atoms with E-state index in [1.54, 1.807) is 11.5 Å². The van der Waals surface area contributed by atoms with E-state index in [0.29, 0.717) is 29.2 Å². The summed E-state index contributed by atoms with van der Waals surface area (Å²) in [4.78, 5) is 4.36. The van der Waals surface area contributed by atoms with Crippen LogP contribution < -0.4 is 0 Å². The molecule has 0 fully saturated rings. The first-order chi connectivity index (χ1) is 9.88. The highest BCUT2D eigenvalue weighted by Crippen LogP contribution is 2.24. The minimum Gasteiger partial charge on any atom is -0.327 e. The molecular formula is C13H15Cl2FN2O2S. The van der Waals surface area contributed by atoms with Crippen molar-refractivity contribution in [3.63, 3.8) is 0 Å². The van der Waals surface area contributed by atoms with Crippen LogP contribution >= 0.6 is 23.2 Å². The van der Waals surface area contributed by atoms with Crippen LogP contribution in [-0.4, -0.2) is 35.4 Å². The van der Waals surface area contributed by atoms with Crippen LogP contribution in [0.4, 0.5) is 4.39 Å². The maximum absolute atomic E-state index is 13.6. The topological polar surface area (TPSA) is 52.0 Å². The lowest BCUT2D eigenvalue weighted by atomic mass is 10.3. The van der Waals surface area contributed by atoms with Gasteiger partial charge in [-0.15, -0.1) is 11.6 Å². The van der Waals surface area contributed by atoms with Gasteiger partial charge in [0, 0.05) is 30.7 Å². The molecule has 0 radical (unpaired) electrons. The smallest absolute Gasteiger partial charge is 0.151 e. The Morgan fingerprint density at radius 3 is 2.71 bits per heavy atom. The van der Waals surface area contributed by atoms with Crippen molar-refractivity contribution in [1.29, 1.82) is 0 Å². The average molecular weight is 353 g/mol. The van der Waals surface area contributed by atoms with Crippen molar-refractivity contribution in [3.05, 3.63) is 28.8 Å². The molecule has 0 N–H and O–H groups in total. The Kier molecular flexibility index (Phi) is 5.11. The fraction of sp³-hybridized carbons (Fsp3) is 0.462. The molecule has 0 aliphatic carbocycles. The molecule has 4 nitrogen and oxygen atoms in total. The number of aromatic nitrogens is 2. The molecule has 0 aliphatic heterocycles. The van der Waals surface area contributed by atoms with Gasteiger partial charge in [0.2, 0.25) is 0 Å². The Morgan fingerprint density at radius 1 is 1.38 bits per heavy atom. The first kappa shape index (κ1) is 16.5. The van der Waals surface area contributed by atoms with Crippen molar-refractivity contribution in [2.45, 2.75) is 19.9 Å². The zero-order valence-corrected chi connectivity index (χ0v) is 13.8. The number of nitrogens with zero attached hydrogens (tertiary/aromatic N) is 2. The monoisotopic (exact) mass is 352 g/mol. The summed E-state index contributed by atoms with van der Waals surface area (Å²) < 4.78 is 38.7. The SMILES string of the molecule is CCS(=O)(=O)CCn1c(CCCl)nc2cc(Cl)c(F)cc21. The maximum atomic E-state index is 13.6. The summed E-state index contributed by atoms with van der Waals surface area (Å²) in [7, 11) is -3.12. The summed E-state index contributed by atoms with van der Waals surface area (Å²) in [5, 5.41) is -0.00856.